The molecule has 1 aromatic heterocycles. The van der Waals surface area contributed by atoms with Crippen molar-refractivity contribution in [2.24, 2.45) is 7.05 Å². The van der Waals surface area contributed by atoms with Crippen LogP contribution in [0.5, 0.6) is 0 Å². The lowest BCUT2D eigenvalue weighted by Gasteiger charge is -2.36. The van der Waals surface area contributed by atoms with E-state index in [1.807, 2.05) is 42.8 Å². The minimum absolute atomic E-state index is 0.106. The highest BCUT2D eigenvalue weighted by Gasteiger charge is 2.41. The van der Waals surface area contributed by atoms with E-state index >= 15 is 0 Å². The molecule has 1 saturated heterocycles. The SMILES string of the molecule is Cc1cccc2nc(CNC(=O)C3(c4cccc(F)c4)CCOCC3)n(C)c12. The summed E-state index contributed by atoms with van der Waals surface area (Å²) in [5.74, 6) is 0.353. The van der Waals surface area contributed by atoms with Crippen molar-refractivity contribution in [2.45, 2.75) is 31.7 Å². The monoisotopic (exact) mass is 381 g/mol. The molecule has 0 spiro atoms. The number of benzene rings is 2. The fraction of sp³-hybridized carbons (Fsp3) is 0.364. The lowest BCUT2D eigenvalue weighted by atomic mass is 9.73. The highest BCUT2D eigenvalue weighted by Crippen LogP contribution is 2.35. The minimum Gasteiger partial charge on any atom is -0.381 e. The Labute approximate surface area is 163 Å². The molecule has 1 aliphatic heterocycles. The number of aromatic nitrogens is 2. The number of carbonyl (C=O) groups is 1. The number of imidazole rings is 1. The van der Waals surface area contributed by atoms with Gasteiger partial charge in [-0.1, -0.05) is 24.3 Å². The van der Waals surface area contributed by atoms with E-state index in [1.54, 1.807) is 6.07 Å². The molecule has 0 saturated carbocycles. The molecule has 0 radical (unpaired) electrons. The molecule has 1 fully saturated rings. The molecule has 146 valence electrons. The van der Waals surface area contributed by atoms with Gasteiger partial charge in [-0.3, -0.25) is 4.79 Å². The summed E-state index contributed by atoms with van der Waals surface area (Å²) in [6.45, 7) is 3.33. The smallest absolute Gasteiger partial charge is 0.231 e. The highest BCUT2D eigenvalue weighted by atomic mass is 19.1. The van der Waals surface area contributed by atoms with Crippen LogP contribution in [0.25, 0.3) is 11.0 Å². The average Bonchev–Trinajstić information content (AvgIpc) is 3.03. The largest absolute Gasteiger partial charge is 0.381 e. The topological polar surface area (TPSA) is 56.1 Å². The van der Waals surface area contributed by atoms with Gasteiger partial charge in [0.25, 0.3) is 0 Å². The number of nitrogens with zero attached hydrogens (tertiary/aromatic N) is 2. The number of fused-ring (bicyclic) bond motifs is 1. The first-order valence-corrected chi connectivity index (χ1v) is 9.54. The van der Waals surface area contributed by atoms with Crippen LogP contribution in [0, 0.1) is 12.7 Å². The van der Waals surface area contributed by atoms with E-state index in [0.29, 0.717) is 38.2 Å². The summed E-state index contributed by atoms with van der Waals surface area (Å²) < 4.78 is 21.3. The number of carbonyl (C=O) groups excluding carboxylic acids is 1. The van der Waals surface area contributed by atoms with Crippen LogP contribution < -0.4 is 5.32 Å². The molecule has 1 N–H and O–H groups in total. The van der Waals surface area contributed by atoms with Crippen molar-refractivity contribution in [1.82, 2.24) is 14.9 Å². The van der Waals surface area contributed by atoms with E-state index in [1.165, 1.54) is 12.1 Å². The fourth-order valence-electron chi connectivity index (χ4n) is 4.15. The predicted molar refractivity (Wildman–Crippen MR) is 105 cm³/mol. The summed E-state index contributed by atoms with van der Waals surface area (Å²) in [5.41, 5.74) is 3.05. The second-order valence-corrected chi connectivity index (χ2v) is 7.42. The maximum atomic E-state index is 13.8. The van der Waals surface area contributed by atoms with Crippen molar-refractivity contribution in [3.63, 3.8) is 0 Å². The number of nitrogens with one attached hydrogen (secondary N) is 1. The highest BCUT2D eigenvalue weighted by molar-refractivity contribution is 5.88. The van der Waals surface area contributed by atoms with Crippen LogP contribution in [0.3, 0.4) is 0 Å². The first-order chi connectivity index (χ1) is 13.5. The molecule has 6 heteroatoms. The van der Waals surface area contributed by atoms with Gasteiger partial charge in [-0.2, -0.15) is 0 Å². The van der Waals surface area contributed by atoms with Gasteiger partial charge in [0.15, 0.2) is 0 Å². The van der Waals surface area contributed by atoms with Crippen LogP contribution in [0.15, 0.2) is 42.5 Å². The fourth-order valence-corrected chi connectivity index (χ4v) is 4.15. The molecule has 0 atom stereocenters. The molecule has 5 nitrogen and oxygen atoms in total. The van der Waals surface area contributed by atoms with Gasteiger partial charge in [0.1, 0.15) is 11.6 Å². The lowest BCUT2D eigenvalue weighted by molar-refractivity contribution is -0.130. The molecule has 0 bridgehead atoms. The summed E-state index contributed by atoms with van der Waals surface area (Å²) in [6, 6.07) is 12.3. The molecule has 4 rings (SSSR count). The summed E-state index contributed by atoms with van der Waals surface area (Å²) in [6.07, 6.45) is 1.06. The standard InChI is InChI=1S/C22H24FN3O2/c1-15-5-3-8-18-20(15)26(2)19(25-18)14-24-21(27)22(9-11-28-12-10-22)16-6-4-7-17(23)13-16/h3-8,13H,9-12,14H2,1-2H3,(H,24,27). The van der Waals surface area contributed by atoms with Crippen molar-refractivity contribution in [3.8, 4) is 0 Å². The molecular formula is C22H24FN3O2. The Bertz CT molecular complexity index is 1020. The molecule has 0 unspecified atom stereocenters. The maximum absolute atomic E-state index is 13.8. The number of rotatable bonds is 4. The van der Waals surface area contributed by atoms with Gasteiger partial charge < -0.3 is 14.6 Å². The summed E-state index contributed by atoms with van der Waals surface area (Å²) in [4.78, 5) is 17.9. The average molecular weight is 381 g/mol. The van der Waals surface area contributed by atoms with Crippen LogP contribution in [-0.4, -0.2) is 28.7 Å². The van der Waals surface area contributed by atoms with Crippen molar-refractivity contribution in [1.29, 1.82) is 0 Å². The van der Waals surface area contributed by atoms with Gasteiger partial charge in [-0.15, -0.1) is 0 Å². The molecule has 1 aliphatic rings. The van der Waals surface area contributed by atoms with E-state index in [-0.39, 0.29) is 11.7 Å². The third-order valence-electron chi connectivity index (χ3n) is 5.75. The Morgan fingerprint density at radius 2 is 2.00 bits per heavy atom. The van der Waals surface area contributed by atoms with E-state index in [9.17, 15) is 9.18 Å². The number of hydrogen-bond donors (Lipinski definition) is 1. The van der Waals surface area contributed by atoms with Gasteiger partial charge in [-0.25, -0.2) is 9.37 Å². The van der Waals surface area contributed by atoms with Crippen LogP contribution >= 0.6 is 0 Å². The molecule has 28 heavy (non-hydrogen) atoms. The van der Waals surface area contributed by atoms with E-state index < -0.39 is 5.41 Å². The number of hydrogen-bond acceptors (Lipinski definition) is 3. The molecule has 2 aromatic carbocycles. The van der Waals surface area contributed by atoms with Gasteiger partial charge in [0, 0.05) is 20.3 Å². The maximum Gasteiger partial charge on any atom is 0.231 e. The summed E-state index contributed by atoms with van der Waals surface area (Å²) >= 11 is 0. The second-order valence-electron chi connectivity index (χ2n) is 7.42. The van der Waals surface area contributed by atoms with Gasteiger partial charge in [0.2, 0.25) is 5.91 Å². The number of ether oxygens (including phenoxy) is 1. The quantitative estimate of drug-likeness (QED) is 0.754. The first-order valence-electron chi connectivity index (χ1n) is 9.54. The van der Waals surface area contributed by atoms with Crippen LogP contribution in [-0.2, 0) is 28.5 Å². The molecule has 1 amide bonds. The lowest BCUT2D eigenvalue weighted by Crippen LogP contribution is -2.48. The third kappa shape index (κ3) is 3.18. The van der Waals surface area contributed by atoms with E-state index in [2.05, 4.69) is 10.3 Å². The number of halogens is 1. The Kier molecular flexibility index (Phi) is 4.89. The van der Waals surface area contributed by atoms with Crippen LogP contribution in [0.4, 0.5) is 4.39 Å². The Hall–Kier alpha value is -2.73. The van der Waals surface area contributed by atoms with Gasteiger partial charge >= 0.3 is 0 Å². The molecular weight excluding hydrogens is 357 g/mol. The van der Waals surface area contributed by atoms with E-state index in [0.717, 1.165) is 22.4 Å². The number of aryl methyl sites for hydroxylation is 2. The number of amides is 1. The predicted octanol–water partition coefficient (Wildman–Crippen LogP) is 3.39. The minimum atomic E-state index is -0.777. The zero-order valence-electron chi connectivity index (χ0n) is 16.2. The third-order valence-corrected chi connectivity index (χ3v) is 5.75. The first kappa shape index (κ1) is 18.6. The van der Waals surface area contributed by atoms with Gasteiger partial charge in [0.05, 0.1) is 23.0 Å². The normalized spacial score (nSPS) is 16.2. The zero-order chi connectivity index (χ0) is 19.7. The molecule has 0 aliphatic carbocycles. The van der Waals surface area contributed by atoms with Crippen LogP contribution in [0.1, 0.15) is 29.8 Å². The zero-order valence-corrected chi connectivity index (χ0v) is 16.2. The Balaban J connectivity index is 1.61. The summed E-state index contributed by atoms with van der Waals surface area (Å²) in [7, 11) is 1.96. The van der Waals surface area contributed by atoms with Crippen molar-refractivity contribution >= 4 is 16.9 Å². The van der Waals surface area contributed by atoms with Crippen molar-refractivity contribution in [3.05, 3.63) is 65.2 Å². The van der Waals surface area contributed by atoms with Crippen molar-refractivity contribution < 1.29 is 13.9 Å². The van der Waals surface area contributed by atoms with Crippen molar-refractivity contribution in [2.75, 3.05) is 13.2 Å². The molecule has 3 aromatic rings. The Morgan fingerprint density at radius 1 is 1.25 bits per heavy atom. The summed E-state index contributed by atoms with van der Waals surface area (Å²) in [5, 5.41) is 3.05. The second kappa shape index (κ2) is 7.36. The van der Waals surface area contributed by atoms with Gasteiger partial charge in [-0.05, 0) is 49.1 Å². The number of para-hydroxylation sites is 1. The van der Waals surface area contributed by atoms with E-state index in [4.69, 9.17) is 4.74 Å². The Morgan fingerprint density at radius 3 is 2.71 bits per heavy atom. The van der Waals surface area contributed by atoms with Crippen LogP contribution in [0.2, 0.25) is 0 Å². The molecule has 2 heterocycles.